The van der Waals surface area contributed by atoms with Crippen LogP contribution in [0.15, 0.2) is 18.2 Å². The fourth-order valence-electron chi connectivity index (χ4n) is 1.80. The summed E-state index contributed by atoms with van der Waals surface area (Å²) in [6.07, 6.45) is 0. The summed E-state index contributed by atoms with van der Waals surface area (Å²) in [4.78, 5) is 2.36. The van der Waals surface area contributed by atoms with E-state index in [4.69, 9.17) is 5.73 Å². The number of benzene rings is 1. The van der Waals surface area contributed by atoms with E-state index >= 15 is 0 Å². The molecule has 1 atom stereocenters. The molecule has 1 aliphatic heterocycles. The van der Waals surface area contributed by atoms with Crippen LogP contribution in [0.3, 0.4) is 0 Å². The maximum Gasteiger partial charge on any atom is 0.0588 e. The van der Waals surface area contributed by atoms with Gasteiger partial charge in [-0.05, 0) is 25.5 Å². The van der Waals surface area contributed by atoms with Crippen molar-refractivity contribution in [1.29, 1.82) is 0 Å². The van der Waals surface area contributed by atoms with Crippen LogP contribution >= 0.6 is 0 Å². The maximum atomic E-state index is 5.60. The molecule has 0 aliphatic carbocycles. The van der Waals surface area contributed by atoms with Gasteiger partial charge in [-0.2, -0.15) is 0 Å². The minimum atomic E-state index is 0.585. The summed E-state index contributed by atoms with van der Waals surface area (Å²) in [7, 11) is 0. The van der Waals surface area contributed by atoms with Crippen molar-refractivity contribution >= 4 is 5.69 Å². The predicted molar refractivity (Wildman–Crippen MR) is 56.1 cm³/mol. The van der Waals surface area contributed by atoms with Crippen molar-refractivity contribution in [2.24, 2.45) is 5.73 Å². The average molecular weight is 176 g/mol. The third-order valence-corrected chi connectivity index (χ3v) is 2.65. The molecule has 70 valence electrons. The molecule has 13 heavy (non-hydrogen) atoms. The van der Waals surface area contributed by atoms with Gasteiger partial charge in [0.1, 0.15) is 0 Å². The number of nitrogens with two attached hydrogens (primary N) is 1. The molecule has 0 amide bonds. The largest absolute Gasteiger partial charge is 0.363 e. The normalized spacial score (nSPS) is 20.5. The van der Waals surface area contributed by atoms with Gasteiger partial charge in [0.25, 0.3) is 0 Å². The first-order chi connectivity index (χ1) is 6.22. The van der Waals surface area contributed by atoms with Crippen LogP contribution in [0.4, 0.5) is 5.69 Å². The van der Waals surface area contributed by atoms with E-state index in [0.29, 0.717) is 6.04 Å². The Morgan fingerprint density at radius 1 is 1.46 bits per heavy atom. The van der Waals surface area contributed by atoms with Gasteiger partial charge in [-0.15, -0.1) is 0 Å². The molecule has 1 heterocycles. The minimum Gasteiger partial charge on any atom is -0.363 e. The average Bonchev–Trinajstić information content (AvgIpc) is 2.83. The second kappa shape index (κ2) is 3.04. The first-order valence-electron chi connectivity index (χ1n) is 4.76. The molecule has 1 unspecified atom stereocenters. The SMILES string of the molecule is Cc1ccc(N2CC2CN)c(C)c1. The Hall–Kier alpha value is -1.02. The van der Waals surface area contributed by atoms with Crippen molar-refractivity contribution in [3.63, 3.8) is 0 Å². The molecule has 2 nitrogen and oxygen atoms in total. The fraction of sp³-hybridized carbons (Fsp3) is 0.455. The zero-order chi connectivity index (χ0) is 9.42. The van der Waals surface area contributed by atoms with Crippen molar-refractivity contribution in [3.8, 4) is 0 Å². The lowest BCUT2D eigenvalue weighted by molar-refractivity contribution is 0.965. The molecule has 1 fully saturated rings. The van der Waals surface area contributed by atoms with E-state index in [9.17, 15) is 0 Å². The Labute approximate surface area is 79.4 Å². The van der Waals surface area contributed by atoms with Crippen LogP contribution in [-0.2, 0) is 0 Å². The van der Waals surface area contributed by atoms with Crippen LogP contribution in [0.5, 0.6) is 0 Å². The van der Waals surface area contributed by atoms with Crippen LogP contribution in [0.25, 0.3) is 0 Å². The van der Waals surface area contributed by atoms with E-state index in [2.05, 4.69) is 36.9 Å². The third kappa shape index (κ3) is 1.54. The summed E-state index contributed by atoms with van der Waals surface area (Å²) < 4.78 is 0. The zero-order valence-corrected chi connectivity index (χ0v) is 8.25. The van der Waals surface area contributed by atoms with Gasteiger partial charge in [-0.3, -0.25) is 0 Å². The summed E-state index contributed by atoms with van der Waals surface area (Å²) >= 11 is 0. The van der Waals surface area contributed by atoms with Crippen molar-refractivity contribution in [2.45, 2.75) is 19.9 Å². The van der Waals surface area contributed by atoms with Crippen molar-refractivity contribution < 1.29 is 0 Å². The first kappa shape index (κ1) is 8.57. The number of aryl methyl sites for hydroxylation is 2. The van der Waals surface area contributed by atoms with Crippen molar-refractivity contribution in [2.75, 3.05) is 18.0 Å². The molecule has 2 rings (SSSR count). The van der Waals surface area contributed by atoms with Gasteiger partial charge in [-0.1, -0.05) is 17.7 Å². The summed E-state index contributed by atoms with van der Waals surface area (Å²) in [6.45, 7) is 6.18. The zero-order valence-electron chi connectivity index (χ0n) is 8.25. The summed E-state index contributed by atoms with van der Waals surface area (Å²) in [5.74, 6) is 0. The standard InChI is InChI=1S/C11H16N2/c1-8-3-4-11(9(2)5-8)13-7-10(13)6-12/h3-5,10H,6-7,12H2,1-2H3. The molecule has 1 aromatic rings. The Kier molecular flexibility index (Phi) is 2.00. The van der Waals surface area contributed by atoms with Gasteiger partial charge >= 0.3 is 0 Å². The fourth-order valence-corrected chi connectivity index (χ4v) is 1.80. The lowest BCUT2D eigenvalue weighted by Crippen LogP contribution is -2.12. The molecule has 0 saturated carbocycles. The summed E-state index contributed by atoms with van der Waals surface area (Å²) in [5.41, 5.74) is 9.63. The van der Waals surface area contributed by atoms with Gasteiger partial charge in [0.15, 0.2) is 0 Å². The molecule has 0 bridgehead atoms. The molecular formula is C11H16N2. The highest BCUT2D eigenvalue weighted by Crippen LogP contribution is 2.30. The summed E-state index contributed by atoms with van der Waals surface area (Å²) in [5, 5.41) is 0. The van der Waals surface area contributed by atoms with E-state index in [1.807, 2.05) is 0 Å². The molecule has 0 spiro atoms. The lowest BCUT2D eigenvalue weighted by Gasteiger charge is -2.09. The molecular weight excluding hydrogens is 160 g/mol. The smallest absolute Gasteiger partial charge is 0.0588 e. The van der Waals surface area contributed by atoms with Crippen molar-refractivity contribution in [1.82, 2.24) is 0 Å². The number of rotatable bonds is 2. The lowest BCUT2D eigenvalue weighted by atomic mass is 10.1. The van der Waals surface area contributed by atoms with Gasteiger partial charge < -0.3 is 10.6 Å². The van der Waals surface area contributed by atoms with E-state index in [1.54, 1.807) is 0 Å². The second-order valence-electron chi connectivity index (χ2n) is 3.83. The second-order valence-corrected chi connectivity index (χ2v) is 3.83. The van der Waals surface area contributed by atoms with Crippen LogP contribution < -0.4 is 10.6 Å². The molecule has 2 heteroatoms. The highest BCUT2D eigenvalue weighted by molar-refractivity contribution is 5.60. The van der Waals surface area contributed by atoms with Crippen LogP contribution in [-0.4, -0.2) is 19.1 Å². The van der Waals surface area contributed by atoms with Gasteiger partial charge in [0.05, 0.1) is 6.04 Å². The van der Waals surface area contributed by atoms with Crippen molar-refractivity contribution in [3.05, 3.63) is 29.3 Å². The number of hydrogen-bond donors (Lipinski definition) is 1. The van der Waals surface area contributed by atoms with Gasteiger partial charge in [0.2, 0.25) is 0 Å². The third-order valence-electron chi connectivity index (χ3n) is 2.65. The molecule has 1 aliphatic rings. The first-order valence-corrected chi connectivity index (χ1v) is 4.76. The molecule has 1 aromatic carbocycles. The minimum absolute atomic E-state index is 0.585. The van der Waals surface area contributed by atoms with E-state index < -0.39 is 0 Å². The molecule has 2 N–H and O–H groups in total. The molecule has 0 radical (unpaired) electrons. The Balaban J connectivity index is 2.22. The quantitative estimate of drug-likeness (QED) is 0.691. The van der Waals surface area contributed by atoms with E-state index in [-0.39, 0.29) is 0 Å². The highest BCUT2D eigenvalue weighted by atomic mass is 15.3. The molecule has 1 saturated heterocycles. The number of nitrogens with zero attached hydrogens (tertiary/aromatic N) is 1. The van der Waals surface area contributed by atoms with Crippen LogP contribution in [0, 0.1) is 13.8 Å². The molecule has 0 aromatic heterocycles. The van der Waals surface area contributed by atoms with Gasteiger partial charge in [0, 0.05) is 18.8 Å². The van der Waals surface area contributed by atoms with E-state index in [0.717, 1.165) is 13.1 Å². The Bertz CT molecular complexity index is 320. The van der Waals surface area contributed by atoms with Crippen LogP contribution in [0.1, 0.15) is 11.1 Å². The summed E-state index contributed by atoms with van der Waals surface area (Å²) in [6, 6.07) is 7.16. The number of anilines is 1. The van der Waals surface area contributed by atoms with Gasteiger partial charge in [-0.25, -0.2) is 0 Å². The monoisotopic (exact) mass is 176 g/mol. The topological polar surface area (TPSA) is 29.0 Å². The highest BCUT2D eigenvalue weighted by Gasteiger charge is 2.33. The maximum absolute atomic E-state index is 5.60. The Morgan fingerprint density at radius 2 is 2.23 bits per heavy atom. The van der Waals surface area contributed by atoms with E-state index in [1.165, 1.54) is 16.8 Å². The number of hydrogen-bond acceptors (Lipinski definition) is 2. The Morgan fingerprint density at radius 3 is 2.77 bits per heavy atom. The van der Waals surface area contributed by atoms with Crippen LogP contribution in [0.2, 0.25) is 0 Å². The predicted octanol–water partition coefficient (Wildman–Crippen LogP) is 1.45.